The molecule has 0 aliphatic carbocycles. The van der Waals surface area contributed by atoms with Crippen LogP contribution in [-0.2, 0) is 14.3 Å². The number of nitrogens with one attached hydrogen (secondary N) is 1. The number of carbonyl (C=O) groups is 2. The normalized spacial score (nSPS) is 14.4. The van der Waals surface area contributed by atoms with Crippen molar-refractivity contribution in [1.82, 2.24) is 5.32 Å². The van der Waals surface area contributed by atoms with Crippen LogP contribution in [0, 0.1) is 5.92 Å². The molecule has 0 saturated heterocycles. The van der Waals surface area contributed by atoms with E-state index in [-0.39, 0.29) is 11.7 Å². The summed E-state index contributed by atoms with van der Waals surface area (Å²) in [5, 5.41) is 2.51. The van der Waals surface area contributed by atoms with E-state index in [1.165, 1.54) is 7.11 Å². The van der Waals surface area contributed by atoms with Gasteiger partial charge in [0.2, 0.25) is 5.91 Å². The van der Waals surface area contributed by atoms with E-state index in [1.54, 1.807) is 0 Å². The van der Waals surface area contributed by atoms with E-state index in [4.69, 9.17) is 5.73 Å². The minimum Gasteiger partial charge on any atom is -0.467 e. The topological polar surface area (TPSA) is 81.4 Å². The number of carbonyl (C=O) groups excluding carboxylic acids is 2. The number of rotatable bonds is 6. The van der Waals surface area contributed by atoms with Gasteiger partial charge in [-0.05, 0) is 12.3 Å². The van der Waals surface area contributed by atoms with Crippen LogP contribution in [-0.4, -0.2) is 36.8 Å². The van der Waals surface area contributed by atoms with Crippen LogP contribution in [0.3, 0.4) is 0 Å². The van der Waals surface area contributed by atoms with Crippen molar-refractivity contribution >= 4 is 24.5 Å². The van der Waals surface area contributed by atoms with Gasteiger partial charge in [0.25, 0.3) is 0 Å². The summed E-state index contributed by atoms with van der Waals surface area (Å²) in [5.41, 5.74) is 5.67. The number of amides is 1. The van der Waals surface area contributed by atoms with Gasteiger partial charge in [-0.2, -0.15) is 12.6 Å². The van der Waals surface area contributed by atoms with E-state index in [0.29, 0.717) is 12.3 Å². The van der Waals surface area contributed by atoms with Gasteiger partial charge >= 0.3 is 5.97 Å². The minimum atomic E-state index is -0.737. The number of esters is 1. The summed E-state index contributed by atoms with van der Waals surface area (Å²) >= 11 is 3.97. The number of methoxy groups -OCH3 is 1. The molecule has 0 bridgehead atoms. The molecule has 0 spiro atoms. The molecule has 16 heavy (non-hydrogen) atoms. The molecule has 0 heterocycles. The smallest absolute Gasteiger partial charge is 0.329 e. The monoisotopic (exact) mass is 248 g/mol. The Morgan fingerprint density at radius 2 is 2.00 bits per heavy atom. The molecular weight excluding hydrogens is 228 g/mol. The fraction of sp³-hybridized carbons (Fsp3) is 0.800. The maximum Gasteiger partial charge on any atom is 0.329 e. The predicted molar refractivity (Wildman–Crippen MR) is 65.2 cm³/mol. The average molecular weight is 248 g/mol. The Labute approximate surface area is 102 Å². The second kappa shape index (κ2) is 7.51. The Hall–Kier alpha value is -0.750. The maximum atomic E-state index is 11.6. The third-order valence-electron chi connectivity index (χ3n) is 2.05. The third-order valence-corrected chi connectivity index (χ3v) is 2.41. The third kappa shape index (κ3) is 5.37. The Morgan fingerprint density at radius 3 is 2.38 bits per heavy atom. The zero-order valence-corrected chi connectivity index (χ0v) is 10.8. The highest BCUT2D eigenvalue weighted by Crippen LogP contribution is 2.03. The molecule has 1 amide bonds. The maximum absolute atomic E-state index is 11.6. The van der Waals surface area contributed by atoms with E-state index >= 15 is 0 Å². The summed E-state index contributed by atoms with van der Waals surface area (Å²) in [6.45, 7) is 3.95. The first-order valence-corrected chi connectivity index (χ1v) is 5.80. The molecule has 5 nitrogen and oxygen atoms in total. The summed E-state index contributed by atoms with van der Waals surface area (Å²) in [7, 11) is 1.26. The highest BCUT2D eigenvalue weighted by Gasteiger charge is 2.23. The lowest BCUT2D eigenvalue weighted by Gasteiger charge is -2.18. The Balaban J connectivity index is 4.24. The van der Waals surface area contributed by atoms with Crippen molar-refractivity contribution in [3.63, 3.8) is 0 Å². The van der Waals surface area contributed by atoms with Crippen LogP contribution < -0.4 is 11.1 Å². The van der Waals surface area contributed by atoms with Crippen LogP contribution >= 0.6 is 12.6 Å². The van der Waals surface area contributed by atoms with Crippen molar-refractivity contribution in [1.29, 1.82) is 0 Å². The van der Waals surface area contributed by atoms with E-state index in [1.807, 2.05) is 13.8 Å². The number of hydrogen-bond donors (Lipinski definition) is 3. The fourth-order valence-corrected chi connectivity index (χ4v) is 1.46. The Bertz CT molecular complexity index is 246. The van der Waals surface area contributed by atoms with Crippen molar-refractivity contribution in [2.24, 2.45) is 11.7 Å². The molecule has 0 rings (SSSR count). The van der Waals surface area contributed by atoms with Gasteiger partial charge < -0.3 is 15.8 Å². The molecule has 0 saturated carbocycles. The molecule has 0 fully saturated rings. The first kappa shape index (κ1) is 15.2. The molecule has 0 unspecified atom stereocenters. The van der Waals surface area contributed by atoms with Crippen molar-refractivity contribution in [2.75, 3.05) is 12.9 Å². The zero-order chi connectivity index (χ0) is 12.7. The fourth-order valence-electron chi connectivity index (χ4n) is 1.22. The van der Waals surface area contributed by atoms with Gasteiger partial charge in [0.1, 0.15) is 6.04 Å². The van der Waals surface area contributed by atoms with Crippen molar-refractivity contribution < 1.29 is 14.3 Å². The number of hydrogen-bond acceptors (Lipinski definition) is 5. The van der Waals surface area contributed by atoms with Crippen LogP contribution in [0.25, 0.3) is 0 Å². The first-order chi connectivity index (χ1) is 7.42. The van der Waals surface area contributed by atoms with Crippen molar-refractivity contribution in [2.45, 2.75) is 32.4 Å². The minimum absolute atomic E-state index is 0.187. The molecule has 94 valence electrons. The van der Waals surface area contributed by atoms with Gasteiger partial charge in [-0.25, -0.2) is 4.79 Å². The van der Waals surface area contributed by atoms with Crippen LogP contribution in [0.15, 0.2) is 0 Å². The van der Waals surface area contributed by atoms with E-state index in [2.05, 4.69) is 22.7 Å². The van der Waals surface area contributed by atoms with Gasteiger partial charge in [0.05, 0.1) is 13.2 Å². The largest absolute Gasteiger partial charge is 0.467 e. The highest BCUT2D eigenvalue weighted by atomic mass is 32.1. The summed E-state index contributed by atoms with van der Waals surface area (Å²) in [5.74, 6) is -0.348. The Morgan fingerprint density at radius 1 is 1.44 bits per heavy atom. The number of thiol groups is 1. The SMILES string of the molecule is COC(=O)[C@H](CS)NC(=O)[C@@H](N)CC(C)C. The molecule has 0 radical (unpaired) electrons. The molecule has 0 aromatic rings. The summed E-state index contributed by atoms with van der Waals surface area (Å²) in [6, 6.07) is -1.34. The molecule has 0 aromatic heterocycles. The first-order valence-electron chi connectivity index (χ1n) is 5.17. The molecule has 3 N–H and O–H groups in total. The van der Waals surface area contributed by atoms with Gasteiger partial charge in [-0.3, -0.25) is 4.79 Å². The van der Waals surface area contributed by atoms with E-state index in [0.717, 1.165) is 0 Å². The summed E-state index contributed by atoms with van der Waals surface area (Å²) in [4.78, 5) is 22.8. The lowest BCUT2D eigenvalue weighted by molar-refractivity contribution is -0.144. The molecule has 0 aromatic carbocycles. The molecule has 2 atom stereocenters. The number of ether oxygens (including phenoxy) is 1. The van der Waals surface area contributed by atoms with Crippen LogP contribution in [0.4, 0.5) is 0 Å². The summed E-state index contributed by atoms with van der Waals surface area (Å²) < 4.78 is 4.52. The van der Waals surface area contributed by atoms with Crippen molar-refractivity contribution in [3.8, 4) is 0 Å². The summed E-state index contributed by atoms with van der Waals surface area (Å²) in [6.07, 6.45) is 0.576. The highest BCUT2D eigenvalue weighted by molar-refractivity contribution is 7.80. The van der Waals surface area contributed by atoms with E-state index in [9.17, 15) is 9.59 Å². The second-order valence-corrected chi connectivity index (χ2v) is 4.37. The standard InChI is InChI=1S/C10H20N2O3S/c1-6(2)4-7(11)9(13)12-8(5-16)10(14)15-3/h6-8,16H,4-5,11H2,1-3H3,(H,12,13)/t7-,8-/m0/s1. The lowest BCUT2D eigenvalue weighted by Crippen LogP contribution is -2.50. The van der Waals surface area contributed by atoms with Gasteiger partial charge in [-0.15, -0.1) is 0 Å². The van der Waals surface area contributed by atoms with E-state index < -0.39 is 18.1 Å². The van der Waals surface area contributed by atoms with Gasteiger partial charge in [-0.1, -0.05) is 13.8 Å². The number of nitrogens with two attached hydrogens (primary N) is 1. The lowest BCUT2D eigenvalue weighted by atomic mass is 10.0. The zero-order valence-electron chi connectivity index (χ0n) is 9.90. The molecule has 0 aliphatic heterocycles. The van der Waals surface area contributed by atoms with Crippen molar-refractivity contribution in [3.05, 3.63) is 0 Å². The van der Waals surface area contributed by atoms with Gasteiger partial charge in [0, 0.05) is 5.75 Å². The van der Waals surface area contributed by atoms with Crippen LogP contribution in [0.2, 0.25) is 0 Å². The Kier molecular flexibility index (Phi) is 7.16. The van der Waals surface area contributed by atoms with Crippen LogP contribution in [0.1, 0.15) is 20.3 Å². The van der Waals surface area contributed by atoms with Gasteiger partial charge in [0.15, 0.2) is 0 Å². The second-order valence-electron chi connectivity index (χ2n) is 4.00. The quantitative estimate of drug-likeness (QED) is 0.454. The molecule has 6 heteroatoms. The average Bonchev–Trinajstić information content (AvgIpc) is 2.23. The molecular formula is C10H20N2O3S. The molecule has 0 aliphatic rings. The predicted octanol–water partition coefficient (Wildman–Crippen LogP) is -0.0526. The van der Waals surface area contributed by atoms with Crippen LogP contribution in [0.5, 0.6) is 0 Å².